The maximum atomic E-state index is 11.1. The van der Waals surface area contributed by atoms with Crippen LogP contribution in [0.25, 0.3) is 0 Å². The second-order valence-electron chi connectivity index (χ2n) is 4.08. The molecule has 0 saturated heterocycles. The largest absolute Gasteiger partial charge is 0.382 e. The number of hydrogen-bond donors (Lipinski definition) is 1. The van der Waals surface area contributed by atoms with E-state index in [0.717, 1.165) is 24.1 Å². The van der Waals surface area contributed by atoms with Crippen LogP contribution in [-0.4, -0.2) is 16.5 Å². The number of hydrogen-bond acceptors (Lipinski definition) is 2. The Hall–Kier alpha value is -0.830. The van der Waals surface area contributed by atoms with Crippen LogP contribution >= 0.6 is 0 Å². The fourth-order valence-corrected chi connectivity index (χ4v) is 2.36. The van der Waals surface area contributed by atoms with Crippen molar-refractivity contribution in [2.75, 3.05) is 11.6 Å². The van der Waals surface area contributed by atoms with Gasteiger partial charge in [-0.05, 0) is 30.5 Å². The lowest BCUT2D eigenvalue weighted by Gasteiger charge is -2.16. The van der Waals surface area contributed by atoms with Crippen LogP contribution in [-0.2, 0) is 16.6 Å². The fraction of sp³-hybridized carbons (Fsp3) is 0.538. The van der Waals surface area contributed by atoms with Crippen LogP contribution < -0.4 is 5.32 Å². The Kier molecular flexibility index (Phi) is 5.53. The third-order valence-electron chi connectivity index (χ3n) is 2.65. The summed E-state index contributed by atoms with van der Waals surface area (Å²) in [6.45, 7) is 4.37. The van der Waals surface area contributed by atoms with E-state index in [1.165, 1.54) is 0 Å². The van der Waals surface area contributed by atoms with E-state index in [1.54, 1.807) is 6.26 Å². The van der Waals surface area contributed by atoms with E-state index in [-0.39, 0.29) is 0 Å². The van der Waals surface area contributed by atoms with Crippen molar-refractivity contribution in [2.45, 2.75) is 38.5 Å². The molecule has 0 heterocycles. The standard InChI is InChI=1S/C13H21NOS/c1-4-12(5-2)14-13-8-6-7-11(9-13)10-16(3)15/h6-9,12,14H,4-5,10H2,1-3H3/t16-/m1/s1. The molecule has 0 saturated carbocycles. The maximum Gasteiger partial charge on any atom is 0.0483 e. The summed E-state index contributed by atoms with van der Waals surface area (Å²) in [5.74, 6) is 0.637. The first-order valence-corrected chi connectivity index (χ1v) is 7.54. The van der Waals surface area contributed by atoms with Crippen molar-refractivity contribution in [3.8, 4) is 0 Å². The van der Waals surface area contributed by atoms with Gasteiger partial charge in [-0.3, -0.25) is 4.21 Å². The summed E-state index contributed by atoms with van der Waals surface area (Å²) in [5, 5.41) is 3.49. The molecule has 0 unspecified atom stereocenters. The van der Waals surface area contributed by atoms with Gasteiger partial charge < -0.3 is 5.32 Å². The van der Waals surface area contributed by atoms with Gasteiger partial charge in [-0.15, -0.1) is 0 Å². The zero-order valence-electron chi connectivity index (χ0n) is 10.3. The molecule has 0 spiro atoms. The van der Waals surface area contributed by atoms with Gasteiger partial charge in [0.1, 0.15) is 0 Å². The van der Waals surface area contributed by atoms with Crippen molar-refractivity contribution in [1.82, 2.24) is 0 Å². The Balaban J connectivity index is 2.70. The molecular formula is C13H21NOS. The predicted molar refractivity (Wildman–Crippen MR) is 72.2 cm³/mol. The van der Waals surface area contributed by atoms with E-state index in [4.69, 9.17) is 0 Å². The Morgan fingerprint density at radius 3 is 2.56 bits per heavy atom. The number of nitrogens with one attached hydrogen (secondary N) is 1. The zero-order valence-corrected chi connectivity index (χ0v) is 11.1. The van der Waals surface area contributed by atoms with Crippen molar-refractivity contribution in [1.29, 1.82) is 0 Å². The van der Waals surface area contributed by atoms with Gasteiger partial charge in [0, 0.05) is 34.5 Å². The molecule has 0 aliphatic rings. The second kappa shape index (κ2) is 6.69. The minimum Gasteiger partial charge on any atom is -0.382 e. The van der Waals surface area contributed by atoms with Crippen LogP contribution in [0.2, 0.25) is 0 Å². The first-order chi connectivity index (χ1) is 7.65. The minimum atomic E-state index is -0.769. The van der Waals surface area contributed by atoms with Crippen molar-refractivity contribution < 1.29 is 4.21 Å². The molecular weight excluding hydrogens is 218 g/mol. The van der Waals surface area contributed by atoms with Crippen molar-refractivity contribution in [3.63, 3.8) is 0 Å². The Labute approximate surface area is 101 Å². The molecule has 1 aromatic carbocycles. The van der Waals surface area contributed by atoms with Crippen molar-refractivity contribution in [3.05, 3.63) is 29.8 Å². The molecule has 2 nitrogen and oxygen atoms in total. The summed E-state index contributed by atoms with van der Waals surface area (Å²) in [6, 6.07) is 8.74. The zero-order chi connectivity index (χ0) is 12.0. The third-order valence-corrected chi connectivity index (χ3v) is 3.39. The van der Waals surface area contributed by atoms with Crippen molar-refractivity contribution in [2.24, 2.45) is 0 Å². The molecule has 90 valence electrons. The van der Waals surface area contributed by atoms with Crippen LogP contribution in [0.5, 0.6) is 0 Å². The molecule has 0 radical (unpaired) electrons. The number of anilines is 1. The SMILES string of the molecule is CCC(CC)Nc1cccc(C[S@@](C)=O)c1. The van der Waals surface area contributed by atoms with Crippen LogP contribution in [0.1, 0.15) is 32.3 Å². The molecule has 3 heteroatoms. The number of benzene rings is 1. The van der Waals surface area contributed by atoms with Crippen LogP contribution in [0.15, 0.2) is 24.3 Å². The van der Waals surface area contributed by atoms with E-state index in [1.807, 2.05) is 12.1 Å². The molecule has 0 aliphatic carbocycles. The summed E-state index contributed by atoms with van der Waals surface area (Å²) in [5.41, 5.74) is 2.27. The van der Waals surface area contributed by atoms with Gasteiger partial charge in [-0.25, -0.2) is 0 Å². The quantitative estimate of drug-likeness (QED) is 0.826. The summed E-state index contributed by atoms with van der Waals surface area (Å²) in [4.78, 5) is 0. The monoisotopic (exact) mass is 239 g/mol. The highest BCUT2D eigenvalue weighted by molar-refractivity contribution is 7.83. The molecule has 1 atom stereocenters. The minimum absolute atomic E-state index is 0.530. The van der Waals surface area contributed by atoms with Crippen LogP contribution in [0.3, 0.4) is 0 Å². The average molecular weight is 239 g/mol. The van der Waals surface area contributed by atoms with Crippen molar-refractivity contribution >= 4 is 16.5 Å². The normalized spacial score (nSPS) is 12.8. The predicted octanol–water partition coefficient (Wildman–Crippen LogP) is 3.17. The molecule has 1 aromatic rings. The fourth-order valence-electron chi connectivity index (χ4n) is 1.71. The topological polar surface area (TPSA) is 29.1 Å². The molecule has 0 amide bonds. The smallest absolute Gasteiger partial charge is 0.0483 e. The van der Waals surface area contributed by atoms with E-state index in [0.29, 0.717) is 11.8 Å². The average Bonchev–Trinajstić information content (AvgIpc) is 2.25. The first kappa shape index (κ1) is 13.2. The van der Waals surface area contributed by atoms with E-state index in [2.05, 4.69) is 31.3 Å². The molecule has 1 N–H and O–H groups in total. The summed E-state index contributed by atoms with van der Waals surface area (Å²) < 4.78 is 11.1. The highest BCUT2D eigenvalue weighted by Gasteiger charge is 2.03. The van der Waals surface area contributed by atoms with Gasteiger partial charge in [0.25, 0.3) is 0 Å². The molecule has 0 bridgehead atoms. The lowest BCUT2D eigenvalue weighted by Crippen LogP contribution is -2.16. The highest BCUT2D eigenvalue weighted by Crippen LogP contribution is 2.15. The van der Waals surface area contributed by atoms with Gasteiger partial charge in [0.05, 0.1) is 0 Å². The Bertz CT molecular complexity index is 348. The summed E-state index contributed by atoms with van der Waals surface area (Å²) in [7, 11) is -0.769. The van der Waals surface area contributed by atoms with E-state index < -0.39 is 10.8 Å². The molecule has 1 rings (SSSR count). The summed E-state index contributed by atoms with van der Waals surface area (Å²) >= 11 is 0. The Morgan fingerprint density at radius 2 is 2.00 bits per heavy atom. The molecule has 0 fully saturated rings. The lowest BCUT2D eigenvalue weighted by molar-refractivity contribution is 0.671. The van der Waals surface area contributed by atoms with Crippen LogP contribution in [0, 0.1) is 0 Å². The molecule has 16 heavy (non-hydrogen) atoms. The lowest BCUT2D eigenvalue weighted by atomic mass is 10.1. The van der Waals surface area contributed by atoms with Gasteiger partial charge in [0.15, 0.2) is 0 Å². The van der Waals surface area contributed by atoms with E-state index in [9.17, 15) is 4.21 Å². The first-order valence-electron chi connectivity index (χ1n) is 5.81. The van der Waals surface area contributed by atoms with Gasteiger partial charge >= 0.3 is 0 Å². The highest BCUT2D eigenvalue weighted by atomic mass is 32.2. The third kappa shape index (κ3) is 4.35. The Morgan fingerprint density at radius 1 is 1.31 bits per heavy atom. The second-order valence-corrected chi connectivity index (χ2v) is 5.51. The maximum absolute atomic E-state index is 11.1. The molecule has 0 aromatic heterocycles. The molecule has 0 aliphatic heterocycles. The van der Waals surface area contributed by atoms with Gasteiger partial charge in [-0.2, -0.15) is 0 Å². The van der Waals surface area contributed by atoms with Gasteiger partial charge in [0.2, 0.25) is 0 Å². The van der Waals surface area contributed by atoms with E-state index >= 15 is 0 Å². The summed E-state index contributed by atoms with van der Waals surface area (Å²) in [6.07, 6.45) is 3.99. The number of rotatable bonds is 6. The van der Waals surface area contributed by atoms with Crippen LogP contribution in [0.4, 0.5) is 5.69 Å². The van der Waals surface area contributed by atoms with Gasteiger partial charge in [-0.1, -0.05) is 26.0 Å².